The van der Waals surface area contributed by atoms with Crippen molar-refractivity contribution >= 4 is 68.1 Å². The van der Waals surface area contributed by atoms with Crippen molar-refractivity contribution in [1.82, 2.24) is 20.0 Å². The van der Waals surface area contributed by atoms with Crippen LogP contribution < -0.4 is 16.2 Å². The molecule has 2 aromatic carbocycles. The zero-order valence-corrected chi connectivity index (χ0v) is 19.6. The normalized spacial score (nSPS) is 10.8. The Balaban J connectivity index is 1.35. The third kappa shape index (κ3) is 5.75. The Bertz CT molecular complexity index is 1400. The molecule has 0 fully saturated rings. The summed E-state index contributed by atoms with van der Waals surface area (Å²) in [6.07, 6.45) is -0.0290. The maximum Gasteiger partial charge on any atom is 0.274 e. The number of amides is 2. The van der Waals surface area contributed by atoms with E-state index in [9.17, 15) is 14.4 Å². The molecule has 168 valence electrons. The molecule has 2 N–H and O–H groups in total. The van der Waals surface area contributed by atoms with E-state index in [4.69, 9.17) is 11.6 Å². The molecule has 4 rings (SSSR count). The predicted molar refractivity (Wildman–Crippen MR) is 130 cm³/mol. The van der Waals surface area contributed by atoms with E-state index in [1.54, 1.807) is 55.6 Å². The second kappa shape index (κ2) is 10.1. The molecule has 0 aliphatic heterocycles. The number of carbonyl (C=O) groups excluding carboxylic acids is 2. The van der Waals surface area contributed by atoms with Crippen molar-refractivity contribution in [3.63, 3.8) is 0 Å². The standard InChI is InChI=1S/C21H17ClN6O3S2/c1-28-19(31)15-8-3-2-7-14(15)16(27-28)10-17(29)24-20-25-26-21(33-20)32-11-18(30)23-13-6-4-5-12(22)9-13/h2-9H,10-11H2,1H3,(H,23,30)(H,24,25,29). The first-order valence-corrected chi connectivity index (χ1v) is 11.8. The zero-order valence-electron chi connectivity index (χ0n) is 17.2. The highest BCUT2D eigenvalue weighted by Gasteiger charge is 2.15. The van der Waals surface area contributed by atoms with Gasteiger partial charge in [-0.25, -0.2) is 4.68 Å². The summed E-state index contributed by atoms with van der Waals surface area (Å²) in [4.78, 5) is 36.9. The first-order chi connectivity index (χ1) is 15.9. The molecule has 2 amide bonds. The van der Waals surface area contributed by atoms with Crippen LogP contribution in [0.4, 0.5) is 10.8 Å². The number of rotatable bonds is 7. The molecule has 0 aliphatic rings. The fraction of sp³-hybridized carbons (Fsp3) is 0.143. The fourth-order valence-corrected chi connectivity index (χ4v) is 4.79. The van der Waals surface area contributed by atoms with Gasteiger partial charge in [-0.1, -0.05) is 59.0 Å². The molecule has 0 atom stereocenters. The van der Waals surface area contributed by atoms with E-state index >= 15 is 0 Å². The van der Waals surface area contributed by atoms with Gasteiger partial charge in [-0.2, -0.15) is 5.10 Å². The lowest BCUT2D eigenvalue weighted by atomic mass is 10.1. The number of hydrogen-bond donors (Lipinski definition) is 2. The Morgan fingerprint density at radius 2 is 1.85 bits per heavy atom. The van der Waals surface area contributed by atoms with Gasteiger partial charge in [-0.05, 0) is 24.3 Å². The van der Waals surface area contributed by atoms with Crippen LogP contribution in [0.1, 0.15) is 5.69 Å². The van der Waals surface area contributed by atoms with Crippen molar-refractivity contribution in [2.75, 3.05) is 16.4 Å². The van der Waals surface area contributed by atoms with Crippen molar-refractivity contribution in [2.45, 2.75) is 10.8 Å². The predicted octanol–water partition coefficient (Wildman–Crippen LogP) is 3.35. The molecule has 0 radical (unpaired) electrons. The van der Waals surface area contributed by atoms with Crippen molar-refractivity contribution in [1.29, 1.82) is 0 Å². The summed E-state index contributed by atoms with van der Waals surface area (Å²) in [6, 6.07) is 13.9. The number of benzene rings is 2. The van der Waals surface area contributed by atoms with Gasteiger partial charge in [0.2, 0.25) is 16.9 Å². The zero-order chi connectivity index (χ0) is 23.4. The van der Waals surface area contributed by atoms with Crippen LogP contribution in [0, 0.1) is 0 Å². The maximum atomic E-state index is 12.5. The number of aryl methyl sites for hydroxylation is 1. The van der Waals surface area contributed by atoms with Gasteiger partial charge in [0.25, 0.3) is 5.56 Å². The molecule has 2 heterocycles. The minimum Gasteiger partial charge on any atom is -0.325 e. The Morgan fingerprint density at radius 1 is 1.06 bits per heavy atom. The van der Waals surface area contributed by atoms with E-state index < -0.39 is 0 Å². The van der Waals surface area contributed by atoms with Crippen molar-refractivity contribution < 1.29 is 9.59 Å². The van der Waals surface area contributed by atoms with Gasteiger partial charge in [0.05, 0.1) is 23.3 Å². The second-order valence-electron chi connectivity index (χ2n) is 6.87. The van der Waals surface area contributed by atoms with Crippen LogP contribution in [0.2, 0.25) is 5.02 Å². The first kappa shape index (κ1) is 22.9. The number of fused-ring (bicyclic) bond motifs is 1. The molecule has 0 spiro atoms. The number of aromatic nitrogens is 4. The topological polar surface area (TPSA) is 119 Å². The van der Waals surface area contributed by atoms with Gasteiger partial charge in [-0.15, -0.1) is 10.2 Å². The van der Waals surface area contributed by atoms with E-state index in [2.05, 4.69) is 25.9 Å². The lowest BCUT2D eigenvalue weighted by molar-refractivity contribution is -0.116. The Hall–Kier alpha value is -3.28. The average Bonchev–Trinajstić information content (AvgIpc) is 3.23. The molecule has 2 aromatic heterocycles. The highest BCUT2D eigenvalue weighted by atomic mass is 35.5. The summed E-state index contributed by atoms with van der Waals surface area (Å²) in [5, 5.41) is 19.6. The van der Waals surface area contributed by atoms with Gasteiger partial charge < -0.3 is 10.6 Å². The van der Waals surface area contributed by atoms with Crippen LogP contribution in [0.15, 0.2) is 57.7 Å². The maximum absolute atomic E-state index is 12.5. The summed E-state index contributed by atoms with van der Waals surface area (Å²) in [6.45, 7) is 0. The summed E-state index contributed by atoms with van der Waals surface area (Å²) in [7, 11) is 1.55. The lowest BCUT2D eigenvalue weighted by Gasteiger charge is -2.07. The fourth-order valence-electron chi connectivity index (χ4n) is 3.03. The van der Waals surface area contributed by atoms with E-state index in [0.29, 0.717) is 36.6 Å². The van der Waals surface area contributed by atoms with Crippen molar-refractivity contribution in [3.8, 4) is 0 Å². The number of hydrogen-bond acceptors (Lipinski definition) is 8. The average molecular weight is 501 g/mol. The Morgan fingerprint density at radius 3 is 2.64 bits per heavy atom. The minimum absolute atomic E-state index is 0.0290. The molecule has 0 saturated carbocycles. The van der Waals surface area contributed by atoms with Crippen molar-refractivity contribution in [3.05, 3.63) is 69.6 Å². The molecule has 4 aromatic rings. The second-order valence-corrected chi connectivity index (χ2v) is 9.50. The highest BCUT2D eigenvalue weighted by molar-refractivity contribution is 8.01. The van der Waals surface area contributed by atoms with Gasteiger partial charge in [0.15, 0.2) is 4.34 Å². The third-order valence-corrected chi connectivity index (χ3v) is 6.66. The first-order valence-electron chi connectivity index (χ1n) is 9.65. The number of anilines is 2. The van der Waals surface area contributed by atoms with Gasteiger partial charge >= 0.3 is 0 Å². The van der Waals surface area contributed by atoms with E-state index in [1.165, 1.54) is 16.4 Å². The van der Waals surface area contributed by atoms with Crippen LogP contribution in [0.5, 0.6) is 0 Å². The van der Waals surface area contributed by atoms with Gasteiger partial charge in [0.1, 0.15) is 0 Å². The van der Waals surface area contributed by atoms with Crippen LogP contribution in [-0.2, 0) is 23.1 Å². The molecular formula is C21H17ClN6O3S2. The van der Waals surface area contributed by atoms with Gasteiger partial charge in [-0.3, -0.25) is 14.4 Å². The number of carbonyl (C=O) groups is 2. The quantitative estimate of drug-likeness (QED) is 0.295. The molecule has 12 heteroatoms. The lowest BCUT2D eigenvalue weighted by Crippen LogP contribution is -2.24. The minimum atomic E-state index is -0.335. The molecule has 0 unspecified atom stereocenters. The largest absolute Gasteiger partial charge is 0.325 e. The molecule has 33 heavy (non-hydrogen) atoms. The smallest absolute Gasteiger partial charge is 0.274 e. The number of nitrogens with one attached hydrogen (secondary N) is 2. The molecule has 9 nitrogen and oxygen atoms in total. The summed E-state index contributed by atoms with van der Waals surface area (Å²) in [5.41, 5.74) is 0.875. The third-order valence-electron chi connectivity index (χ3n) is 4.45. The molecule has 0 bridgehead atoms. The molecular weight excluding hydrogens is 484 g/mol. The van der Waals surface area contributed by atoms with Crippen LogP contribution in [0.3, 0.4) is 0 Å². The Kier molecular flexibility index (Phi) is 7.02. The van der Waals surface area contributed by atoms with E-state index in [1.807, 2.05) is 0 Å². The molecule has 0 saturated heterocycles. The number of thioether (sulfide) groups is 1. The number of nitrogens with zero attached hydrogens (tertiary/aromatic N) is 4. The summed E-state index contributed by atoms with van der Waals surface area (Å²) in [5.74, 6) is -0.420. The van der Waals surface area contributed by atoms with Crippen LogP contribution >= 0.6 is 34.7 Å². The van der Waals surface area contributed by atoms with Crippen LogP contribution in [-0.4, -0.2) is 37.5 Å². The highest BCUT2D eigenvalue weighted by Crippen LogP contribution is 2.26. The van der Waals surface area contributed by atoms with Crippen LogP contribution in [0.25, 0.3) is 10.8 Å². The van der Waals surface area contributed by atoms with Gasteiger partial charge in [0, 0.05) is 23.1 Å². The van der Waals surface area contributed by atoms with E-state index in [0.717, 1.165) is 11.3 Å². The summed E-state index contributed by atoms with van der Waals surface area (Å²) < 4.78 is 1.76. The molecule has 0 aliphatic carbocycles. The monoisotopic (exact) mass is 500 g/mol. The number of halogens is 1. The Labute approximate surface area is 201 Å². The SMILES string of the molecule is Cn1nc(CC(=O)Nc2nnc(SCC(=O)Nc3cccc(Cl)c3)s2)c2ccccc2c1=O. The summed E-state index contributed by atoms with van der Waals surface area (Å²) >= 11 is 8.28. The van der Waals surface area contributed by atoms with Crippen molar-refractivity contribution in [2.24, 2.45) is 7.05 Å². The van der Waals surface area contributed by atoms with E-state index in [-0.39, 0.29) is 29.5 Å².